The van der Waals surface area contributed by atoms with Crippen LogP contribution in [0.3, 0.4) is 0 Å². The van der Waals surface area contributed by atoms with Gasteiger partial charge in [-0.3, -0.25) is 9.69 Å². The summed E-state index contributed by atoms with van der Waals surface area (Å²) in [5, 5.41) is 0.390. The fourth-order valence-electron chi connectivity index (χ4n) is 2.72. The monoisotopic (exact) mass is 391 g/mol. The van der Waals surface area contributed by atoms with Crippen LogP contribution < -0.4 is 5.73 Å². The number of halogens is 2. The van der Waals surface area contributed by atoms with Gasteiger partial charge in [0.2, 0.25) is 5.91 Å². The molecule has 1 atom stereocenters. The molecule has 9 heteroatoms. The Kier molecular flexibility index (Phi) is 6.79. The Balaban J connectivity index is 1.83. The van der Waals surface area contributed by atoms with Crippen LogP contribution in [-0.2, 0) is 21.2 Å². The van der Waals surface area contributed by atoms with Gasteiger partial charge in [0.05, 0.1) is 11.8 Å². The number of sulfone groups is 1. The van der Waals surface area contributed by atoms with Gasteiger partial charge in [-0.15, -0.1) is 0 Å². The number of amides is 1. The van der Waals surface area contributed by atoms with Crippen molar-refractivity contribution in [2.24, 2.45) is 5.73 Å². The number of nitrogens with two attached hydrogens (primary N) is 1. The van der Waals surface area contributed by atoms with Crippen LogP contribution in [0.2, 0.25) is 5.02 Å². The summed E-state index contributed by atoms with van der Waals surface area (Å²) < 4.78 is 35.4. The largest absolute Gasteiger partial charge is 0.339 e. The minimum Gasteiger partial charge on any atom is -0.339 e. The molecule has 1 aromatic carbocycles. The summed E-state index contributed by atoms with van der Waals surface area (Å²) in [6, 6.07) is 3.53. The molecular weight excluding hydrogens is 369 g/mol. The zero-order chi connectivity index (χ0) is 18.6. The van der Waals surface area contributed by atoms with E-state index in [0.29, 0.717) is 37.7 Å². The Hall–Kier alpha value is -1.22. The molecule has 2 rings (SSSR count). The van der Waals surface area contributed by atoms with Crippen LogP contribution in [0, 0.1) is 5.82 Å². The van der Waals surface area contributed by atoms with Crippen molar-refractivity contribution in [2.45, 2.75) is 19.0 Å². The molecule has 0 spiro atoms. The maximum absolute atomic E-state index is 13.1. The van der Waals surface area contributed by atoms with Crippen molar-refractivity contribution in [2.75, 3.05) is 38.2 Å². The molecule has 0 radical (unpaired) electrons. The van der Waals surface area contributed by atoms with E-state index in [1.54, 1.807) is 11.0 Å². The third-order valence-electron chi connectivity index (χ3n) is 4.21. The minimum atomic E-state index is -3.13. The van der Waals surface area contributed by atoms with Crippen LogP contribution in [0.25, 0.3) is 0 Å². The molecule has 0 saturated carbocycles. The number of rotatable bonds is 6. The van der Waals surface area contributed by atoms with Crippen LogP contribution in [0.4, 0.5) is 4.39 Å². The molecule has 1 fully saturated rings. The van der Waals surface area contributed by atoms with Crippen molar-refractivity contribution in [1.29, 1.82) is 0 Å². The van der Waals surface area contributed by atoms with E-state index < -0.39 is 15.9 Å². The topological polar surface area (TPSA) is 83.7 Å². The second kappa shape index (κ2) is 8.44. The summed E-state index contributed by atoms with van der Waals surface area (Å²) >= 11 is 6.04. The molecule has 0 bridgehead atoms. The Morgan fingerprint density at radius 2 is 1.96 bits per heavy atom. The lowest BCUT2D eigenvalue weighted by Gasteiger charge is -2.36. The van der Waals surface area contributed by atoms with Crippen LogP contribution >= 0.6 is 11.6 Å². The number of carbonyl (C=O) groups is 1. The average molecular weight is 392 g/mol. The molecule has 1 amide bonds. The summed E-state index contributed by atoms with van der Waals surface area (Å²) in [5.41, 5.74) is 6.67. The smallest absolute Gasteiger partial charge is 0.239 e. The number of carbonyl (C=O) groups excluding carboxylic acids is 1. The molecule has 0 aliphatic carbocycles. The van der Waals surface area contributed by atoms with Gasteiger partial charge in [-0.25, -0.2) is 12.8 Å². The van der Waals surface area contributed by atoms with Crippen LogP contribution in [0.15, 0.2) is 18.2 Å². The second-order valence-electron chi connectivity index (χ2n) is 6.36. The van der Waals surface area contributed by atoms with E-state index in [4.69, 9.17) is 17.3 Å². The van der Waals surface area contributed by atoms with E-state index in [9.17, 15) is 17.6 Å². The Labute approximate surface area is 152 Å². The first-order chi connectivity index (χ1) is 11.7. The molecule has 2 N–H and O–H groups in total. The number of hydrogen-bond donors (Lipinski definition) is 1. The lowest BCUT2D eigenvalue weighted by atomic mass is 10.1. The van der Waals surface area contributed by atoms with E-state index in [1.165, 1.54) is 12.1 Å². The maximum atomic E-state index is 13.1. The van der Waals surface area contributed by atoms with Crippen molar-refractivity contribution in [3.63, 3.8) is 0 Å². The Morgan fingerprint density at radius 1 is 1.32 bits per heavy atom. The predicted octanol–water partition coefficient (Wildman–Crippen LogP) is 0.885. The van der Waals surface area contributed by atoms with Gasteiger partial charge in [-0.05, 0) is 24.1 Å². The van der Waals surface area contributed by atoms with E-state index in [-0.39, 0.29) is 23.9 Å². The summed E-state index contributed by atoms with van der Waals surface area (Å²) in [6.45, 7) is 2.92. The molecule has 0 aromatic heterocycles. The predicted molar refractivity (Wildman–Crippen MR) is 95.6 cm³/mol. The third kappa shape index (κ3) is 6.22. The van der Waals surface area contributed by atoms with E-state index in [1.807, 2.05) is 0 Å². The second-order valence-corrected chi connectivity index (χ2v) is 9.03. The molecular formula is C16H23ClFN3O3S. The quantitative estimate of drug-likeness (QED) is 0.778. The first-order valence-corrected chi connectivity index (χ1v) is 10.5. The van der Waals surface area contributed by atoms with Crippen LogP contribution in [0.5, 0.6) is 0 Å². The van der Waals surface area contributed by atoms with Crippen molar-refractivity contribution < 1.29 is 17.6 Å². The number of nitrogens with zero attached hydrogens (tertiary/aromatic N) is 2. The zero-order valence-corrected chi connectivity index (χ0v) is 15.7. The highest BCUT2D eigenvalue weighted by Gasteiger charge is 2.26. The van der Waals surface area contributed by atoms with E-state index in [2.05, 4.69) is 4.90 Å². The maximum Gasteiger partial charge on any atom is 0.239 e. The van der Waals surface area contributed by atoms with Gasteiger partial charge < -0.3 is 10.6 Å². The third-order valence-corrected chi connectivity index (χ3v) is 5.54. The van der Waals surface area contributed by atoms with Gasteiger partial charge in [-0.2, -0.15) is 0 Å². The molecule has 140 valence electrons. The number of hydrogen-bond acceptors (Lipinski definition) is 5. The molecule has 1 saturated heterocycles. The molecule has 1 unspecified atom stereocenters. The van der Waals surface area contributed by atoms with Crippen LogP contribution in [-0.4, -0.2) is 68.4 Å². The van der Waals surface area contributed by atoms with Crippen molar-refractivity contribution in [3.8, 4) is 0 Å². The minimum absolute atomic E-state index is 0.0943. The lowest BCUT2D eigenvalue weighted by molar-refractivity contribution is -0.134. The Bertz CT molecular complexity index is 721. The standard InChI is InChI=1S/C16H23ClFN3O3S/c1-25(23,24)9-4-15(19)16(22)21-7-5-20(6-8-21)11-12-2-3-13(18)10-14(12)17/h2-3,10,15H,4-9,11,19H2,1H3. The SMILES string of the molecule is CS(=O)(=O)CCC(N)C(=O)N1CCN(Cc2ccc(F)cc2Cl)CC1. The number of piperazine rings is 1. The van der Waals surface area contributed by atoms with Gasteiger partial charge in [-0.1, -0.05) is 17.7 Å². The highest BCUT2D eigenvalue weighted by molar-refractivity contribution is 7.90. The van der Waals surface area contributed by atoms with E-state index in [0.717, 1.165) is 11.8 Å². The molecule has 25 heavy (non-hydrogen) atoms. The van der Waals surface area contributed by atoms with Crippen LogP contribution in [0.1, 0.15) is 12.0 Å². The van der Waals surface area contributed by atoms with E-state index >= 15 is 0 Å². The molecule has 1 aliphatic heterocycles. The highest BCUT2D eigenvalue weighted by Crippen LogP contribution is 2.20. The van der Waals surface area contributed by atoms with Gasteiger partial charge in [0.25, 0.3) is 0 Å². The molecule has 1 aliphatic rings. The average Bonchev–Trinajstić information content (AvgIpc) is 2.54. The first kappa shape index (κ1) is 20.1. The van der Waals surface area contributed by atoms with Crippen molar-refractivity contribution in [3.05, 3.63) is 34.6 Å². The van der Waals surface area contributed by atoms with Gasteiger partial charge in [0.1, 0.15) is 15.7 Å². The van der Waals surface area contributed by atoms with Crippen molar-refractivity contribution in [1.82, 2.24) is 9.80 Å². The number of benzene rings is 1. The van der Waals surface area contributed by atoms with Crippen molar-refractivity contribution >= 4 is 27.3 Å². The Morgan fingerprint density at radius 3 is 2.52 bits per heavy atom. The molecule has 1 heterocycles. The van der Waals surface area contributed by atoms with Gasteiger partial charge in [0, 0.05) is 44.0 Å². The molecule has 6 nitrogen and oxygen atoms in total. The summed E-state index contributed by atoms with van der Waals surface area (Å²) in [7, 11) is -3.13. The highest BCUT2D eigenvalue weighted by atomic mass is 35.5. The summed E-state index contributed by atoms with van der Waals surface area (Å²) in [4.78, 5) is 16.1. The zero-order valence-electron chi connectivity index (χ0n) is 14.1. The lowest BCUT2D eigenvalue weighted by Crippen LogP contribution is -2.53. The molecule has 1 aromatic rings. The normalized spacial score (nSPS) is 17.5. The summed E-state index contributed by atoms with van der Waals surface area (Å²) in [5.74, 6) is -0.682. The van der Waals surface area contributed by atoms with Gasteiger partial charge in [0.15, 0.2) is 0 Å². The fourth-order valence-corrected chi connectivity index (χ4v) is 3.63. The first-order valence-electron chi connectivity index (χ1n) is 8.04. The summed E-state index contributed by atoms with van der Waals surface area (Å²) in [6.07, 6.45) is 1.26. The van der Waals surface area contributed by atoms with Gasteiger partial charge >= 0.3 is 0 Å². The fraction of sp³-hybridized carbons (Fsp3) is 0.562.